The summed E-state index contributed by atoms with van der Waals surface area (Å²) in [7, 11) is 0. The molecule has 0 radical (unpaired) electrons. The molecule has 0 saturated heterocycles. The Hall–Kier alpha value is -2.17. The van der Waals surface area contributed by atoms with Gasteiger partial charge in [0, 0.05) is 37.8 Å². The van der Waals surface area contributed by atoms with Crippen molar-refractivity contribution < 1.29 is 9.18 Å². The molecule has 1 N–H and O–H groups in total. The maximum absolute atomic E-state index is 13.1. The molecular weight excluding hydrogens is 269 g/mol. The number of hydrogen-bond donors (Lipinski definition) is 1. The summed E-state index contributed by atoms with van der Waals surface area (Å²) in [6.45, 7) is 1.38. The van der Waals surface area contributed by atoms with Crippen molar-refractivity contribution in [2.24, 2.45) is 5.92 Å². The van der Waals surface area contributed by atoms with Gasteiger partial charge in [0.2, 0.25) is 5.91 Å². The Balaban J connectivity index is 1.49. The molecule has 21 heavy (non-hydrogen) atoms. The van der Waals surface area contributed by atoms with E-state index in [1.807, 2.05) is 12.3 Å². The second-order valence-corrected chi connectivity index (χ2v) is 5.40. The number of hydrogen-bond acceptors (Lipinski definition) is 2. The van der Waals surface area contributed by atoms with E-state index in [-0.39, 0.29) is 17.6 Å². The van der Waals surface area contributed by atoms with Crippen LogP contribution in [0.15, 0.2) is 36.7 Å². The monoisotopic (exact) mass is 287 g/mol. The van der Waals surface area contributed by atoms with Gasteiger partial charge in [0.05, 0.1) is 0 Å². The normalized spacial score (nSPS) is 17.3. The van der Waals surface area contributed by atoms with Crippen molar-refractivity contribution in [1.29, 1.82) is 0 Å². The van der Waals surface area contributed by atoms with E-state index in [2.05, 4.69) is 14.9 Å². The lowest BCUT2D eigenvalue weighted by Gasteiger charge is -2.22. The van der Waals surface area contributed by atoms with Crippen molar-refractivity contribution in [3.8, 4) is 0 Å². The van der Waals surface area contributed by atoms with Gasteiger partial charge in [-0.25, -0.2) is 9.37 Å². The Morgan fingerprint density at radius 1 is 1.48 bits per heavy atom. The summed E-state index contributed by atoms with van der Waals surface area (Å²) in [5.41, 5.74) is 0.898. The number of nitrogens with zero attached hydrogens (tertiary/aromatic N) is 2. The molecule has 0 saturated carbocycles. The SMILES string of the molecule is O=C(NCCc1cccc(F)c1)C1CCn2ccnc2C1. The molecule has 0 aliphatic carbocycles. The van der Waals surface area contributed by atoms with Gasteiger partial charge < -0.3 is 9.88 Å². The van der Waals surface area contributed by atoms with Gasteiger partial charge in [0.25, 0.3) is 0 Å². The van der Waals surface area contributed by atoms with Gasteiger partial charge in [0.15, 0.2) is 0 Å². The number of carbonyl (C=O) groups is 1. The Kier molecular flexibility index (Phi) is 3.99. The lowest BCUT2D eigenvalue weighted by Crippen LogP contribution is -2.36. The lowest BCUT2D eigenvalue weighted by atomic mass is 9.97. The first-order chi connectivity index (χ1) is 10.2. The molecule has 1 amide bonds. The van der Waals surface area contributed by atoms with Crippen LogP contribution in [0.4, 0.5) is 4.39 Å². The van der Waals surface area contributed by atoms with Gasteiger partial charge in [0.1, 0.15) is 11.6 Å². The van der Waals surface area contributed by atoms with E-state index >= 15 is 0 Å². The van der Waals surface area contributed by atoms with Crippen LogP contribution in [0.2, 0.25) is 0 Å². The van der Waals surface area contributed by atoms with Gasteiger partial charge in [-0.15, -0.1) is 0 Å². The van der Waals surface area contributed by atoms with Crippen LogP contribution in [0, 0.1) is 11.7 Å². The van der Waals surface area contributed by atoms with Crippen molar-refractivity contribution in [3.63, 3.8) is 0 Å². The number of carbonyl (C=O) groups excluding carboxylic acids is 1. The van der Waals surface area contributed by atoms with Crippen molar-refractivity contribution in [2.75, 3.05) is 6.54 Å². The zero-order valence-corrected chi connectivity index (χ0v) is 11.8. The first-order valence-electron chi connectivity index (χ1n) is 7.24. The van der Waals surface area contributed by atoms with E-state index in [9.17, 15) is 9.18 Å². The number of nitrogens with one attached hydrogen (secondary N) is 1. The molecule has 1 aliphatic rings. The number of amides is 1. The lowest BCUT2D eigenvalue weighted by molar-refractivity contribution is -0.125. The third-order valence-corrected chi connectivity index (χ3v) is 3.92. The number of imidazole rings is 1. The number of fused-ring (bicyclic) bond motifs is 1. The molecule has 0 spiro atoms. The smallest absolute Gasteiger partial charge is 0.223 e. The highest BCUT2D eigenvalue weighted by molar-refractivity contribution is 5.78. The van der Waals surface area contributed by atoms with Crippen LogP contribution < -0.4 is 5.32 Å². The molecular formula is C16H18FN3O. The highest BCUT2D eigenvalue weighted by atomic mass is 19.1. The molecule has 5 heteroatoms. The number of rotatable bonds is 4. The maximum Gasteiger partial charge on any atom is 0.223 e. The fraction of sp³-hybridized carbons (Fsp3) is 0.375. The number of halogens is 1. The summed E-state index contributed by atoms with van der Waals surface area (Å²) in [5, 5.41) is 2.94. The minimum atomic E-state index is -0.238. The largest absolute Gasteiger partial charge is 0.356 e. The molecule has 1 aliphatic heterocycles. The first kappa shape index (κ1) is 13.8. The molecule has 1 aromatic carbocycles. The van der Waals surface area contributed by atoms with Crippen LogP contribution in [0.1, 0.15) is 17.8 Å². The molecule has 4 nitrogen and oxygen atoms in total. The molecule has 0 bridgehead atoms. The van der Waals surface area contributed by atoms with Gasteiger partial charge >= 0.3 is 0 Å². The van der Waals surface area contributed by atoms with Crippen LogP contribution in [0.25, 0.3) is 0 Å². The highest BCUT2D eigenvalue weighted by Gasteiger charge is 2.24. The first-order valence-corrected chi connectivity index (χ1v) is 7.24. The van der Waals surface area contributed by atoms with Crippen LogP contribution in [0.3, 0.4) is 0 Å². The summed E-state index contributed by atoms with van der Waals surface area (Å²) in [4.78, 5) is 16.4. The van der Waals surface area contributed by atoms with E-state index in [4.69, 9.17) is 0 Å². The third-order valence-electron chi connectivity index (χ3n) is 3.92. The Labute approximate surface area is 123 Å². The van der Waals surface area contributed by atoms with Gasteiger partial charge in [-0.1, -0.05) is 12.1 Å². The standard InChI is InChI=1S/C16H18FN3O/c17-14-3-1-2-12(10-14)4-6-19-16(21)13-5-8-20-9-7-18-15(20)11-13/h1-3,7,9-10,13H,4-6,8,11H2,(H,19,21). The molecule has 1 unspecified atom stereocenters. The molecule has 0 fully saturated rings. The molecule has 3 rings (SSSR count). The van der Waals surface area contributed by atoms with Crippen molar-refractivity contribution >= 4 is 5.91 Å². The minimum absolute atomic E-state index is 0.00703. The number of aryl methyl sites for hydroxylation is 1. The summed E-state index contributed by atoms with van der Waals surface area (Å²) in [6.07, 6.45) is 5.91. The molecule has 2 heterocycles. The second-order valence-electron chi connectivity index (χ2n) is 5.40. The van der Waals surface area contributed by atoms with Crippen LogP contribution >= 0.6 is 0 Å². The van der Waals surface area contributed by atoms with E-state index < -0.39 is 0 Å². The zero-order chi connectivity index (χ0) is 14.7. The number of benzene rings is 1. The molecule has 2 aromatic rings. The zero-order valence-electron chi connectivity index (χ0n) is 11.8. The summed E-state index contributed by atoms with van der Waals surface area (Å²) in [5.74, 6) is 0.803. The Bertz CT molecular complexity index is 638. The van der Waals surface area contributed by atoms with Crippen LogP contribution in [-0.2, 0) is 24.2 Å². The fourth-order valence-electron chi connectivity index (χ4n) is 2.74. The average Bonchev–Trinajstić information content (AvgIpc) is 2.94. The summed E-state index contributed by atoms with van der Waals surface area (Å²) >= 11 is 0. The van der Waals surface area contributed by atoms with Crippen LogP contribution in [0.5, 0.6) is 0 Å². The van der Waals surface area contributed by atoms with Crippen molar-refractivity contribution in [3.05, 3.63) is 53.9 Å². The second kappa shape index (κ2) is 6.08. The van der Waals surface area contributed by atoms with E-state index in [1.54, 1.807) is 12.3 Å². The topological polar surface area (TPSA) is 46.9 Å². The predicted octanol–water partition coefficient (Wildman–Crippen LogP) is 1.94. The molecule has 1 atom stereocenters. The maximum atomic E-state index is 13.1. The van der Waals surface area contributed by atoms with E-state index in [0.717, 1.165) is 24.4 Å². The van der Waals surface area contributed by atoms with Crippen molar-refractivity contribution in [1.82, 2.24) is 14.9 Å². The summed E-state index contributed by atoms with van der Waals surface area (Å²) in [6, 6.07) is 6.48. The minimum Gasteiger partial charge on any atom is -0.356 e. The highest BCUT2D eigenvalue weighted by Crippen LogP contribution is 2.19. The van der Waals surface area contributed by atoms with E-state index in [1.165, 1.54) is 12.1 Å². The van der Waals surface area contributed by atoms with Crippen LogP contribution in [-0.4, -0.2) is 22.0 Å². The Morgan fingerprint density at radius 2 is 2.38 bits per heavy atom. The van der Waals surface area contributed by atoms with Gasteiger partial charge in [-0.2, -0.15) is 0 Å². The third kappa shape index (κ3) is 3.29. The fourth-order valence-corrected chi connectivity index (χ4v) is 2.74. The predicted molar refractivity (Wildman–Crippen MR) is 77.2 cm³/mol. The Morgan fingerprint density at radius 3 is 3.24 bits per heavy atom. The number of aromatic nitrogens is 2. The van der Waals surface area contributed by atoms with E-state index in [0.29, 0.717) is 19.4 Å². The quantitative estimate of drug-likeness (QED) is 0.934. The van der Waals surface area contributed by atoms with Crippen molar-refractivity contribution in [2.45, 2.75) is 25.8 Å². The van der Waals surface area contributed by atoms with Gasteiger partial charge in [-0.05, 0) is 30.5 Å². The average molecular weight is 287 g/mol. The molecule has 110 valence electrons. The summed E-state index contributed by atoms with van der Waals surface area (Å²) < 4.78 is 15.2. The molecule has 1 aromatic heterocycles. The van der Waals surface area contributed by atoms with Gasteiger partial charge in [-0.3, -0.25) is 4.79 Å².